The molecule has 0 bridgehead atoms. The quantitative estimate of drug-likeness (QED) is 0.482. The van der Waals surface area contributed by atoms with Crippen molar-refractivity contribution in [1.29, 1.82) is 0 Å². The number of fused-ring (bicyclic) bond motifs is 1. The van der Waals surface area contributed by atoms with Crippen molar-refractivity contribution in [2.24, 2.45) is 10.2 Å². The molecule has 0 aliphatic heterocycles. The number of benzene rings is 3. The Morgan fingerprint density at radius 1 is 0.913 bits per heavy atom. The minimum absolute atomic E-state index is 0. The minimum atomic E-state index is -1.21. The van der Waals surface area contributed by atoms with E-state index in [1.54, 1.807) is 36.4 Å². The molecule has 3 aromatic carbocycles. The van der Waals surface area contributed by atoms with Crippen molar-refractivity contribution in [3.8, 4) is 5.75 Å². The summed E-state index contributed by atoms with van der Waals surface area (Å²) < 4.78 is 0. The number of aromatic hydroxyl groups is 1. The average Bonchev–Trinajstić information content (AvgIpc) is 2.54. The molecule has 0 aliphatic carbocycles. The van der Waals surface area contributed by atoms with Crippen LogP contribution < -0.4 is 0 Å². The first-order valence-corrected chi connectivity index (χ1v) is 6.61. The second kappa shape index (κ2) is 7.76. The monoisotopic (exact) mass is 430 g/mol. The summed E-state index contributed by atoms with van der Waals surface area (Å²) in [5.74, 6) is -1.59. The Morgan fingerprint density at radius 2 is 1.57 bits per heavy atom. The molecule has 0 spiro atoms. The molecule has 0 saturated carbocycles. The van der Waals surface area contributed by atoms with E-state index in [4.69, 9.17) is 0 Å². The van der Waals surface area contributed by atoms with Gasteiger partial charge in [-0.05, 0) is 23.6 Å². The molecule has 23 heavy (non-hydrogen) atoms. The molecule has 108 valence electrons. The van der Waals surface area contributed by atoms with Gasteiger partial charge in [0.25, 0.3) is 0 Å². The number of hydrogen-bond acceptors (Lipinski definition) is 4. The van der Waals surface area contributed by atoms with Crippen molar-refractivity contribution >= 4 is 77.0 Å². The summed E-state index contributed by atoms with van der Waals surface area (Å²) in [5, 5.41) is 28.8. The van der Waals surface area contributed by atoms with Crippen LogP contribution in [0.5, 0.6) is 5.75 Å². The normalized spacial score (nSPS) is 10.6. The molecular formula is C17H12BaN2O3+2. The zero-order valence-corrected chi connectivity index (χ0v) is 16.6. The maximum atomic E-state index is 11.3. The number of hydrogen-bond donors (Lipinski definition) is 2. The predicted molar refractivity (Wildman–Crippen MR) is 88.9 cm³/mol. The predicted octanol–water partition coefficient (Wildman–Crippen LogP) is 4.28. The van der Waals surface area contributed by atoms with Crippen LogP contribution in [0.25, 0.3) is 10.8 Å². The molecule has 3 aromatic rings. The first-order valence-electron chi connectivity index (χ1n) is 6.61. The minimum Gasteiger partial charge on any atom is -0.505 e. The van der Waals surface area contributed by atoms with E-state index in [-0.39, 0.29) is 65.9 Å². The van der Waals surface area contributed by atoms with E-state index in [0.29, 0.717) is 16.5 Å². The number of aromatic carboxylic acids is 1. The van der Waals surface area contributed by atoms with Crippen molar-refractivity contribution in [2.75, 3.05) is 0 Å². The van der Waals surface area contributed by atoms with Crippen LogP contribution in [0.3, 0.4) is 0 Å². The molecule has 0 aliphatic rings. The third-order valence-electron chi connectivity index (χ3n) is 3.25. The van der Waals surface area contributed by atoms with Crippen molar-refractivity contribution in [3.05, 3.63) is 66.2 Å². The molecule has 0 unspecified atom stereocenters. The van der Waals surface area contributed by atoms with Gasteiger partial charge in [0, 0.05) is 5.39 Å². The Morgan fingerprint density at radius 3 is 2.26 bits per heavy atom. The number of phenols is 1. The van der Waals surface area contributed by atoms with Crippen LogP contribution in [0.1, 0.15) is 10.4 Å². The van der Waals surface area contributed by atoms with Gasteiger partial charge >= 0.3 is 54.9 Å². The van der Waals surface area contributed by atoms with Crippen LogP contribution in [0.15, 0.2) is 70.9 Å². The fraction of sp³-hybridized carbons (Fsp3) is 0. The molecule has 0 heterocycles. The molecule has 2 N–H and O–H groups in total. The van der Waals surface area contributed by atoms with Gasteiger partial charge in [0.1, 0.15) is 11.3 Å². The average molecular weight is 430 g/mol. The van der Waals surface area contributed by atoms with Crippen LogP contribution >= 0.6 is 0 Å². The summed E-state index contributed by atoms with van der Waals surface area (Å²) in [6, 6.07) is 17.6. The Bertz CT molecular complexity index is 880. The van der Waals surface area contributed by atoms with Gasteiger partial charge in [-0.25, -0.2) is 4.79 Å². The first kappa shape index (κ1) is 17.7. The summed E-state index contributed by atoms with van der Waals surface area (Å²) >= 11 is 0. The fourth-order valence-electron chi connectivity index (χ4n) is 2.18. The molecule has 3 rings (SSSR count). The first-order chi connectivity index (χ1) is 10.7. The number of carbonyl (C=O) groups is 1. The van der Waals surface area contributed by atoms with Crippen LogP contribution in [-0.2, 0) is 0 Å². The molecule has 0 saturated heterocycles. The number of azo groups is 1. The van der Waals surface area contributed by atoms with E-state index in [1.165, 1.54) is 6.07 Å². The zero-order chi connectivity index (χ0) is 15.5. The van der Waals surface area contributed by atoms with E-state index in [1.807, 2.05) is 18.2 Å². The number of rotatable bonds is 3. The Kier molecular flexibility index (Phi) is 5.98. The number of nitrogens with zero attached hydrogens (tertiary/aromatic N) is 2. The summed E-state index contributed by atoms with van der Waals surface area (Å²) in [7, 11) is 0. The van der Waals surface area contributed by atoms with Gasteiger partial charge in [-0.1, -0.05) is 42.5 Å². The van der Waals surface area contributed by atoms with E-state index in [9.17, 15) is 15.0 Å². The van der Waals surface area contributed by atoms with Crippen LogP contribution in [-0.4, -0.2) is 65.1 Å². The van der Waals surface area contributed by atoms with E-state index >= 15 is 0 Å². The third-order valence-corrected chi connectivity index (χ3v) is 3.25. The van der Waals surface area contributed by atoms with Crippen molar-refractivity contribution in [1.82, 2.24) is 0 Å². The Labute approximate surface area is 172 Å². The summed E-state index contributed by atoms with van der Waals surface area (Å²) in [4.78, 5) is 11.3. The molecule has 0 fully saturated rings. The molecule has 0 aromatic heterocycles. The molecule has 5 nitrogen and oxygen atoms in total. The van der Waals surface area contributed by atoms with Gasteiger partial charge in [0.2, 0.25) is 0 Å². The van der Waals surface area contributed by atoms with Crippen LogP contribution in [0.2, 0.25) is 0 Å². The second-order valence-corrected chi connectivity index (χ2v) is 4.68. The van der Waals surface area contributed by atoms with Gasteiger partial charge in [0.05, 0.1) is 5.69 Å². The molecule has 0 amide bonds. The SMILES string of the molecule is O=C(O)c1cc2ccccc2c(N=Nc2ccccc2)c1O.[Ba+2]. The Hall–Kier alpha value is -1.64. The fourth-order valence-corrected chi connectivity index (χ4v) is 2.18. The van der Waals surface area contributed by atoms with Gasteiger partial charge in [0.15, 0.2) is 5.75 Å². The maximum Gasteiger partial charge on any atom is 2.00 e. The summed E-state index contributed by atoms with van der Waals surface area (Å²) in [5.41, 5.74) is 0.576. The van der Waals surface area contributed by atoms with Crippen LogP contribution in [0, 0.1) is 0 Å². The number of carboxylic acid groups (broad SMARTS) is 1. The van der Waals surface area contributed by atoms with Crippen LogP contribution in [0.4, 0.5) is 11.4 Å². The van der Waals surface area contributed by atoms with Crippen molar-refractivity contribution in [2.45, 2.75) is 0 Å². The second-order valence-electron chi connectivity index (χ2n) is 4.68. The molecule has 6 heteroatoms. The summed E-state index contributed by atoms with van der Waals surface area (Å²) in [6.07, 6.45) is 0. The molecule has 0 radical (unpaired) electrons. The molecular weight excluding hydrogens is 418 g/mol. The van der Waals surface area contributed by atoms with Gasteiger partial charge < -0.3 is 10.2 Å². The standard InChI is InChI=1S/C17H12N2O3.Ba/c20-16-14(17(21)22)10-11-6-4-5-9-13(11)15(16)19-18-12-7-2-1-3-8-12;/h1-10,20H,(H,21,22);/q;+2. The van der Waals surface area contributed by atoms with Crippen molar-refractivity contribution in [3.63, 3.8) is 0 Å². The molecule has 0 atom stereocenters. The van der Waals surface area contributed by atoms with Crippen molar-refractivity contribution < 1.29 is 15.0 Å². The van der Waals surface area contributed by atoms with E-state index < -0.39 is 5.97 Å². The topological polar surface area (TPSA) is 82.2 Å². The van der Waals surface area contributed by atoms with Gasteiger partial charge in [-0.3, -0.25) is 0 Å². The van der Waals surface area contributed by atoms with E-state index in [0.717, 1.165) is 0 Å². The summed E-state index contributed by atoms with van der Waals surface area (Å²) in [6.45, 7) is 0. The number of carboxylic acids is 1. The maximum absolute atomic E-state index is 11.3. The zero-order valence-electron chi connectivity index (χ0n) is 12.2. The smallest absolute Gasteiger partial charge is 0.505 e. The van der Waals surface area contributed by atoms with Gasteiger partial charge in [-0.2, -0.15) is 5.11 Å². The third kappa shape index (κ3) is 3.83. The Balaban J connectivity index is 0.00000192. The van der Waals surface area contributed by atoms with E-state index in [2.05, 4.69) is 10.2 Å². The largest absolute Gasteiger partial charge is 2.00 e. The van der Waals surface area contributed by atoms with Gasteiger partial charge in [-0.15, -0.1) is 5.11 Å².